The molecule has 0 saturated heterocycles. The van der Waals surface area contributed by atoms with Gasteiger partial charge < -0.3 is 10.1 Å². The maximum atomic E-state index is 9.80. The van der Waals surface area contributed by atoms with E-state index < -0.39 is 5.60 Å². The lowest BCUT2D eigenvalue weighted by Gasteiger charge is -2.12. The fourth-order valence-electron chi connectivity index (χ4n) is 1.51. The van der Waals surface area contributed by atoms with Gasteiger partial charge in [-0.25, -0.2) is 4.98 Å². The third-order valence-corrected chi connectivity index (χ3v) is 2.52. The molecule has 3 heteroatoms. The van der Waals surface area contributed by atoms with E-state index in [0.29, 0.717) is 5.82 Å². The maximum absolute atomic E-state index is 9.80. The zero-order chi connectivity index (χ0) is 11.8. The molecule has 2 N–H and O–H groups in total. The SMILES string of the molecule is Cc1ccc(-c2cnc(C(C)(C)O)[nH]2)cc1. The zero-order valence-corrected chi connectivity index (χ0v) is 9.78. The Morgan fingerprint density at radius 2 is 1.81 bits per heavy atom. The van der Waals surface area contributed by atoms with Crippen LogP contribution in [0.25, 0.3) is 11.3 Å². The van der Waals surface area contributed by atoms with Crippen molar-refractivity contribution in [3.63, 3.8) is 0 Å². The van der Waals surface area contributed by atoms with Gasteiger partial charge in [0.15, 0.2) is 0 Å². The van der Waals surface area contributed by atoms with Crippen LogP contribution in [-0.4, -0.2) is 15.1 Å². The monoisotopic (exact) mass is 216 g/mol. The number of aromatic nitrogens is 2. The molecule has 0 bridgehead atoms. The Morgan fingerprint density at radius 1 is 1.19 bits per heavy atom. The molecule has 0 radical (unpaired) electrons. The maximum Gasteiger partial charge on any atom is 0.138 e. The van der Waals surface area contributed by atoms with Crippen LogP contribution in [0.4, 0.5) is 0 Å². The number of aliphatic hydroxyl groups is 1. The van der Waals surface area contributed by atoms with Crippen molar-refractivity contribution in [2.75, 3.05) is 0 Å². The van der Waals surface area contributed by atoms with E-state index in [1.807, 2.05) is 12.1 Å². The molecule has 1 aromatic heterocycles. The van der Waals surface area contributed by atoms with Crippen LogP contribution in [0.15, 0.2) is 30.5 Å². The highest BCUT2D eigenvalue weighted by Gasteiger charge is 2.19. The van der Waals surface area contributed by atoms with Gasteiger partial charge in [-0.1, -0.05) is 29.8 Å². The predicted octanol–water partition coefficient (Wildman–Crippen LogP) is 2.61. The van der Waals surface area contributed by atoms with Crippen LogP contribution < -0.4 is 0 Å². The molecule has 0 atom stereocenters. The summed E-state index contributed by atoms with van der Waals surface area (Å²) in [6, 6.07) is 8.19. The number of hydrogen-bond donors (Lipinski definition) is 2. The van der Waals surface area contributed by atoms with Gasteiger partial charge in [-0.05, 0) is 26.3 Å². The summed E-state index contributed by atoms with van der Waals surface area (Å²) in [5.74, 6) is 0.586. The van der Waals surface area contributed by atoms with Gasteiger partial charge in [-0.15, -0.1) is 0 Å². The minimum Gasteiger partial charge on any atom is -0.383 e. The van der Waals surface area contributed by atoms with E-state index in [4.69, 9.17) is 0 Å². The lowest BCUT2D eigenvalue weighted by Crippen LogP contribution is -2.17. The molecule has 0 aliphatic carbocycles. The lowest BCUT2D eigenvalue weighted by atomic mass is 10.1. The quantitative estimate of drug-likeness (QED) is 0.810. The van der Waals surface area contributed by atoms with Crippen LogP contribution in [0, 0.1) is 6.92 Å². The highest BCUT2D eigenvalue weighted by Crippen LogP contribution is 2.22. The third kappa shape index (κ3) is 2.14. The summed E-state index contributed by atoms with van der Waals surface area (Å²) in [6.07, 6.45) is 1.75. The highest BCUT2D eigenvalue weighted by atomic mass is 16.3. The van der Waals surface area contributed by atoms with Gasteiger partial charge in [0.05, 0.1) is 11.9 Å². The Hall–Kier alpha value is -1.61. The van der Waals surface area contributed by atoms with Gasteiger partial charge in [0.25, 0.3) is 0 Å². The second-order valence-corrected chi connectivity index (χ2v) is 4.57. The number of hydrogen-bond acceptors (Lipinski definition) is 2. The molecule has 0 fully saturated rings. The van der Waals surface area contributed by atoms with Gasteiger partial charge >= 0.3 is 0 Å². The van der Waals surface area contributed by atoms with E-state index >= 15 is 0 Å². The number of nitrogens with zero attached hydrogens (tertiary/aromatic N) is 1. The van der Waals surface area contributed by atoms with Crippen molar-refractivity contribution in [1.82, 2.24) is 9.97 Å². The second kappa shape index (κ2) is 3.76. The summed E-state index contributed by atoms with van der Waals surface area (Å²) < 4.78 is 0. The molecule has 0 aliphatic heterocycles. The average molecular weight is 216 g/mol. The van der Waals surface area contributed by atoms with E-state index in [-0.39, 0.29) is 0 Å². The van der Waals surface area contributed by atoms with Gasteiger partial charge in [-0.3, -0.25) is 0 Å². The van der Waals surface area contributed by atoms with Crippen molar-refractivity contribution in [1.29, 1.82) is 0 Å². The van der Waals surface area contributed by atoms with Crippen LogP contribution in [0.2, 0.25) is 0 Å². The van der Waals surface area contributed by atoms with Crippen molar-refractivity contribution in [3.05, 3.63) is 41.9 Å². The number of H-pyrrole nitrogens is 1. The molecule has 3 nitrogen and oxygen atoms in total. The van der Waals surface area contributed by atoms with Crippen molar-refractivity contribution >= 4 is 0 Å². The Morgan fingerprint density at radius 3 is 2.31 bits per heavy atom. The van der Waals surface area contributed by atoms with E-state index in [0.717, 1.165) is 11.3 Å². The van der Waals surface area contributed by atoms with Crippen molar-refractivity contribution < 1.29 is 5.11 Å². The number of nitrogens with one attached hydrogen (secondary N) is 1. The molecule has 16 heavy (non-hydrogen) atoms. The van der Waals surface area contributed by atoms with Crippen molar-refractivity contribution in [3.8, 4) is 11.3 Å². The number of imidazole rings is 1. The first-order valence-corrected chi connectivity index (χ1v) is 5.32. The van der Waals surface area contributed by atoms with E-state index in [1.54, 1.807) is 20.0 Å². The molecule has 0 aliphatic rings. The zero-order valence-electron chi connectivity index (χ0n) is 9.78. The van der Waals surface area contributed by atoms with Crippen molar-refractivity contribution in [2.24, 2.45) is 0 Å². The van der Waals surface area contributed by atoms with Crippen LogP contribution >= 0.6 is 0 Å². The van der Waals surface area contributed by atoms with E-state index in [9.17, 15) is 5.11 Å². The van der Waals surface area contributed by atoms with Crippen LogP contribution in [0.3, 0.4) is 0 Å². The largest absolute Gasteiger partial charge is 0.383 e. The number of aromatic amines is 1. The summed E-state index contributed by atoms with van der Waals surface area (Å²) >= 11 is 0. The summed E-state index contributed by atoms with van der Waals surface area (Å²) in [5.41, 5.74) is 2.31. The first-order valence-electron chi connectivity index (χ1n) is 5.32. The topological polar surface area (TPSA) is 48.9 Å². The second-order valence-electron chi connectivity index (χ2n) is 4.57. The average Bonchev–Trinajstić information content (AvgIpc) is 2.67. The molecule has 0 spiro atoms. The molecular formula is C13H16N2O. The van der Waals surface area contributed by atoms with Gasteiger partial charge in [0, 0.05) is 0 Å². The van der Waals surface area contributed by atoms with Crippen LogP contribution in [0.5, 0.6) is 0 Å². The third-order valence-electron chi connectivity index (χ3n) is 2.52. The lowest BCUT2D eigenvalue weighted by molar-refractivity contribution is 0.0697. The number of benzene rings is 1. The molecule has 0 saturated carbocycles. The van der Waals surface area contributed by atoms with Crippen LogP contribution in [-0.2, 0) is 5.60 Å². The molecule has 84 valence electrons. The summed E-state index contributed by atoms with van der Waals surface area (Å²) in [4.78, 5) is 7.31. The van der Waals surface area contributed by atoms with E-state index in [1.165, 1.54) is 5.56 Å². The summed E-state index contributed by atoms with van der Waals surface area (Å²) in [5, 5.41) is 9.80. The number of rotatable bonds is 2. The fourth-order valence-corrected chi connectivity index (χ4v) is 1.51. The molecular weight excluding hydrogens is 200 g/mol. The Bertz CT molecular complexity index is 477. The van der Waals surface area contributed by atoms with Crippen LogP contribution in [0.1, 0.15) is 25.2 Å². The summed E-state index contributed by atoms with van der Waals surface area (Å²) in [7, 11) is 0. The molecule has 1 heterocycles. The molecule has 2 aromatic rings. The minimum absolute atomic E-state index is 0.586. The van der Waals surface area contributed by atoms with Gasteiger partial charge in [0.2, 0.25) is 0 Å². The Kier molecular flexibility index (Phi) is 2.56. The minimum atomic E-state index is -0.928. The molecule has 2 rings (SSSR count). The first kappa shape index (κ1) is 10.9. The smallest absolute Gasteiger partial charge is 0.138 e. The Labute approximate surface area is 95.2 Å². The van der Waals surface area contributed by atoms with Gasteiger partial charge in [-0.2, -0.15) is 0 Å². The normalized spacial score (nSPS) is 11.8. The predicted molar refractivity (Wildman–Crippen MR) is 64.0 cm³/mol. The first-order chi connectivity index (χ1) is 7.47. The van der Waals surface area contributed by atoms with Gasteiger partial charge in [0.1, 0.15) is 11.4 Å². The molecule has 0 amide bonds. The van der Waals surface area contributed by atoms with Crippen molar-refractivity contribution in [2.45, 2.75) is 26.4 Å². The summed E-state index contributed by atoms with van der Waals surface area (Å²) in [6.45, 7) is 5.48. The van der Waals surface area contributed by atoms with E-state index in [2.05, 4.69) is 29.0 Å². The number of aryl methyl sites for hydroxylation is 1. The highest BCUT2D eigenvalue weighted by molar-refractivity contribution is 5.58. The standard InChI is InChI=1S/C13H16N2O/c1-9-4-6-10(7-5-9)11-8-14-12(15-11)13(2,3)16/h4-8,16H,1-3H3,(H,14,15). The molecule has 0 unspecified atom stereocenters. The Balaban J connectivity index is 2.35. The molecule has 1 aromatic carbocycles. The fraction of sp³-hybridized carbons (Fsp3) is 0.308.